The summed E-state index contributed by atoms with van der Waals surface area (Å²) in [6.07, 6.45) is 0.163. The molecule has 1 saturated heterocycles. The van der Waals surface area contributed by atoms with Gasteiger partial charge in [-0.05, 0) is 27.2 Å². The molecule has 2 aromatic rings. The molecule has 2 aromatic heterocycles. The molecule has 0 aliphatic carbocycles. The van der Waals surface area contributed by atoms with Crippen molar-refractivity contribution in [2.75, 3.05) is 38.3 Å². The highest BCUT2D eigenvalue weighted by Gasteiger charge is 2.35. The number of esters is 1. The summed E-state index contributed by atoms with van der Waals surface area (Å²) < 4.78 is 11.5. The number of thiazole rings is 1. The van der Waals surface area contributed by atoms with E-state index in [-0.39, 0.29) is 41.8 Å². The topological polar surface area (TPSA) is 146 Å². The van der Waals surface area contributed by atoms with Crippen LogP contribution >= 0.6 is 45.5 Å². The quantitative estimate of drug-likeness (QED) is 0.172. The van der Waals surface area contributed by atoms with Gasteiger partial charge in [0.2, 0.25) is 0 Å². The minimum absolute atomic E-state index is 0.0500. The van der Waals surface area contributed by atoms with Crippen LogP contribution in [0.1, 0.15) is 62.2 Å². The maximum absolute atomic E-state index is 13.0. The summed E-state index contributed by atoms with van der Waals surface area (Å²) in [5.41, 5.74) is 2.04. The van der Waals surface area contributed by atoms with E-state index in [1.54, 1.807) is 21.0 Å². The monoisotopic (exact) mass is 667 g/mol. The summed E-state index contributed by atoms with van der Waals surface area (Å²) in [5, 5.41) is 15.8. The predicted molar refractivity (Wildman–Crippen MR) is 149 cm³/mol. The van der Waals surface area contributed by atoms with Gasteiger partial charge in [-0.25, -0.2) is 9.78 Å². The average molecular weight is 668 g/mol. The largest absolute Gasteiger partial charge is 0.462 e. The molecule has 11 nitrogen and oxygen atoms in total. The van der Waals surface area contributed by atoms with Crippen molar-refractivity contribution in [2.45, 2.75) is 49.8 Å². The number of anilines is 1. The molecule has 0 radical (unpaired) electrons. The van der Waals surface area contributed by atoms with Crippen LogP contribution in [0.2, 0.25) is 5.02 Å². The fraction of sp³-hybridized carbons (Fsp3) is 0.565. The third kappa shape index (κ3) is 6.74. The SMILES string of the molecule is CCOC(=O)c1sc(N2CC[C@@H](NC(=O)c3[nH]c(C)c(CI)c3Cl)[C@@H](OC)C2)nc1C(=O)N[C@@H](C)CO. The van der Waals surface area contributed by atoms with E-state index >= 15 is 0 Å². The number of alkyl halides is 1. The number of H-pyrrole nitrogens is 1. The number of nitrogens with zero attached hydrogens (tertiary/aromatic N) is 2. The molecule has 3 heterocycles. The van der Waals surface area contributed by atoms with Crippen LogP contribution in [-0.4, -0.2) is 84.5 Å². The highest BCUT2D eigenvalue weighted by atomic mass is 127. The van der Waals surface area contributed by atoms with Crippen molar-refractivity contribution in [2.24, 2.45) is 0 Å². The number of amides is 2. The van der Waals surface area contributed by atoms with Crippen molar-refractivity contribution in [3.05, 3.63) is 32.5 Å². The number of halogens is 2. The van der Waals surface area contributed by atoms with Crippen LogP contribution < -0.4 is 15.5 Å². The number of hydrogen-bond acceptors (Lipinski definition) is 9. The van der Waals surface area contributed by atoms with Gasteiger partial charge in [-0.3, -0.25) is 9.59 Å². The van der Waals surface area contributed by atoms with E-state index in [4.69, 9.17) is 21.1 Å². The Bertz CT molecular complexity index is 1140. The molecule has 1 aliphatic heterocycles. The van der Waals surface area contributed by atoms with Crippen molar-refractivity contribution >= 4 is 68.4 Å². The predicted octanol–water partition coefficient (Wildman–Crippen LogP) is 2.68. The number of methoxy groups -OCH3 is 1. The third-order valence-electron chi connectivity index (χ3n) is 6.00. The lowest BCUT2D eigenvalue weighted by Gasteiger charge is -2.37. The van der Waals surface area contributed by atoms with Gasteiger partial charge in [0.05, 0.1) is 30.4 Å². The number of aliphatic hydroxyl groups excluding tert-OH is 1. The second-order valence-corrected chi connectivity index (χ2v) is 10.7. The van der Waals surface area contributed by atoms with Crippen LogP contribution in [0.5, 0.6) is 0 Å². The van der Waals surface area contributed by atoms with Crippen molar-refractivity contribution in [1.82, 2.24) is 20.6 Å². The molecule has 1 fully saturated rings. The summed E-state index contributed by atoms with van der Waals surface area (Å²) in [6, 6.07) is -0.788. The molecule has 0 unspecified atom stereocenters. The first-order valence-electron chi connectivity index (χ1n) is 11.8. The van der Waals surface area contributed by atoms with Crippen LogP contribution in [0.4, 0.5) is 5.13 Å². The van der Waals surface area contributed by atoms with Crippen molar-refractivity contribution in [1.29, 1.82) is 0 Å². The van der Waals surface area contributed by atoms with Crippen LogP contribution in [0, 0.1) is 6.92 Å². The van der Waals surface area contributed by atoms with Gasteiger partial charge in [0.25, 0.3) is 11.8 Å². The number of nitrogens with one attached hydrogen (secondary N) is 3. The standard InChI is InChI=1S/C23H31ClIN5O6S/c1-5-36-22(34)19-18(21(33)26-11(2)10-31)29-23(37-19)30-7-6-14(15(9-30)35-4)28-20(32)17-16(24)13(8-25)12(3)27-17/h11,14-15,27,31H,5-10H2,1-4H3,(H,26,33)(H,28,32)/t11-,14+,15-/m0/s1. The van der Waals surface area contributed by atoms with Crippen LogP contribution in [0.25, 0.3) is 0 Å². The number of piperidine rings is 1. The minimum Gasteiger partial charge on any atom is -0.462 e. The first-order chi connectivity index (χ1) is 17.6. The highest BCUT2D eigenvalue weighted by Crippen LogP contribution is 2.31. The maximum atomic E-state index is 13.0. The van der Waals surface area contributed by atoms with Gasteiger partial charge < -0.3 is 35.1 Å². The number of ether oxygens (including phenoxy) is 2. The Labute approximate surface area is 237 Å². The van der Waals surface area contributed by atoms with Crippen LogP contribution in [0.15, 0.2) is 0 Å². The second kappa shape index (κ2) is 13.2. The molecule has 0 bridgehead atoms. The first kappa shape index (κ1) is 29.6. The van der Waals surface area contributed by atoms with E-state index in [1.807, 2.05) is 11.8 Å². The normalized spacial score (nSPS) is 18.4. The molecule has 2 amide bonds. The Hall–Kier alpha value is -1.94. The molecule has 4 N–H and O–H groups in total. The summed E-state index contributed by atoms with van der Waals surface area (Å²) in [6.45, 7) is 5.99. The number of aliphatic hydroxyl groups is 1. The molecule has 0 saturated carbocycles. The molecule has 14 heteroatoms. The van der Waals surface area contributed by atoms with E-state index in [9.17, 15) is 19.5 Å². The van der Waals surface area contributed by atoms with Crippen LogP contribution in [0.3, 0.4) is 0 Å². The number of carbonyl (C=O) groups excluding carboxylic acids is 3. The summed E-state index contributed by atoms with van der Waals surface area (Å²) >= 11 is 9.69. The molecule has 0 spiro atoms. The maximum Gasteiger partial charge on any atom is 0.350 e. The first-order valence-corrected chi connectivity index (χ1v) is 14.5. The second-order valence-electron chi connectivity index (χ2n) is 8.59. The average Bonchev–Trinajstić information content (AvgIpc) is 3.45. The van der Waals surface area contributed by atoms with Crippen molar-refractivity contribution in [3.8, 4) is 0 Å². The number of aromatic nitrogens is 2. The fourth-order valence-corrected chi connectivity index (χ4v) is 6.47. The van der Waals surface area contributed by atoms with Crippen LogP contribution in [-0.2, 0) is 13.9 Å². The number of hydrogen-bond donors (Lipinski definition) is 4. The number of rotatable bonds is 10. The van der Waals surface area contributed by atoms with Gasteiger partial charge in [0.1, 0.15) is 10.6 Å². The van der Waals surface area contributed by atoms with E-state index in [2.05, 4.69) is 43.2 Å². The molecule has 3 atom stereocenters. The van der Waals surface area contributed by atoms with Gasteiger partial charge in [0, 0.05) is 41.9 Å². The number of aryl methyl sites for hydroxylation is 1. The molecule has 37 heavy (non-hydrogen) atoms. The lowest BCUT2D eigenvalue weighted by atomic mass is 10.0. The summed E-state index contributed by atoms with van der Waals surface area (Å²) in [4.78, 5) is 47.8. The third-order valence-corrected chi connectivity index (χ3v) is 8.28. The van der Waals surface area contributed by atoms with E-state index in [0.29, 0.717) is 39.8 Å². The van der Waals surface area contributed by atoms with Crippen molar-refractivity contribution < 1.29 is 29.0 Å². The Morgan fingerprint density at radius 3 is 2.70 bits per heavy atom. The number of aromatic amines is 1. The lowest BCUT2D eigenvalue weighted by Crippen LogP contribution is -2.55. The zero-order chi connectivity index (χ0) is 27.3. The van der Waals surface area contributed by atoms with Gasteiger partial charge in [0.15, 0.2) is 10.8 Å². The number of carbonyl (C=O) groups is 3. The molecule has 1 aliphatic rings. The highest BCUT2D eigenvalue weighted by molar-refractivity contribution is 14.1. The van der Waals surface area contributed by atoms with Gasteiger partial charge in [-0.15, -0.1) is 0 Å². The fourth-order valence-electron chi connectivity index (χ4n) is 3.95. The Kier molecular flexibility index (Phi) is 10.6. The van der Waals surface area contributed by atoms with E-state index < -0.39 is 17.9 Å². The summed E-state index contributed by atoms with van der Waals surface area (Å²) in [5.74, 6) is -1.51. The van der Waals surface area contributed by atoms with E-state index in [1.165, 1.54) is 0 Å². The smallest absolute Gasteiger partial charge is 0.350 e. The van der Waals surface area contributed by atoms with Gasteiger partial charge >= 0.3 is 5.97 Å². The van der Waals surface area contributed by atoms with Gasteiger partial charge in [-0.1, -0.05) is 45.5 Å². The Balaban J connectivity index is 1.77. The van der Waals surface area contributed by atoms with Crippen molar-refractivity contribution in [3.63, 3.8) is 0 Å². The zero-order valence-electron chi connectivity index (χ0n) is 21.0. The lowest BCUT2D eigenvalue weighted by molar-refractivity contribution is 0.0527. The Morgan fingerprint density at radius 2 is 2.11 bits per heavy atom. The molecular formula is C23H31ClIN5O6S. The summed E-state index contributed by atoms with van der Waals surface area (Å²) in [7, 11) is 1.56. The minimum atomic E-state index is -0.637. The Morgan fingerprint density at radius 1 is 1.38 bits per heavy atom. The van der Waals surface area contributed by atoms with Gasteiger partial charge in [-0.2, -0.15) is 0 Å². The zero-order valence-corrected chi connectivity index (χ0v) is 24.8. The molecule has 204 valence electrons. The van der Waals surface area contributed by atoms with E-state index in [0.717, 1.165) is 22.6 Å². The molecule has 0 aromatic carbocycles. The molecule has 3 rings (SSSR count). The molecular weight excluding hydrogens is 637 g/mol.